The maximum Gasteiger partial charge on any atom is 0.244 e. The van der Waals surface area contributed by atoms with Crippen molar-refractivity contribution in [1.82, 2.24) is 15.5 Å². The van der Waals surface area contributed by atoms with E-state index in [9.17, 15) is 9.90 Å². The number of aliphatic hydroxyl groups is 1. The maximum atomic E-state index is 12.6. The van der Waals surface area contributed by atoms with Crippen LogP contribution in [0.2, 0.25) is 4.34 Å². The summed E-state index contributed by atoms with van der Waals surface area (Å²) in [6, 6.07) is 13.4. The van der Waals surface area contributed by atoms with Gasteiger partial charge in [0.15, 0.2) is 5.96 Å². The molecular formula is C20H27ClN4O2S. The molecule has 0 saturated carbocycles. The standard InChI is InChI=1S/C20H27ClN4O2S/c1-3-22-20(23-12-16(26)17-10-11-18(21)28-17)24-13-19(27)25(4-2)14-15-8-6-5-7-9-15/h5-11,16,26H,3-4,12-14H2,1-2H3,(H2,22,23,24). The van der Waals surface area contributed by atoms with Crippen molar-refractivity contribution in [2.75, 3.05) is 26.2 Å². The largest absolute Gasteiger partial charge is 0.386 e. The van der Waals surface area contributed by atoms with Crippen molar-refractivity contribution in [1.29, 1.82) is 0 Å². The summed E-state index contributed by atoms with van der Waals surface area (Å²) in [5, 5.41) is 16.4. The third-order valence-corrected chi connectivity index (χ3v) is 5.38. The number of benzene rings is 1. The summed E-state index contributed by atoms with van der Waals surface area (Å²) < 4.78 is 0.637. The van der Waals surface area contributed by atoms with Crippen LogP contribution in [0.15, 0.2) is 47.5 Å². The second-order valence-electron chi connectivity index (χ2n) is 6.13. The summed E-state index contributed by atoms with van der Waals surface area (Å²) in [6.07, 6.45) is -0.692. The average Bonchev–Trinajstić information content (AvgIpc) is 3.15. The lowest BCUT2D eigenvalue weighted by Gasteiger charge is -2.20. The highest BCUT2D eigenvalue weighted by atomic mass is 35.5. The van der Waals surface area contributed by atoms with Crippen LogP contribution in [0.5, 0.6) is 0 Å². The molecular weight excluding hydrogens is 396 g/mol. The number of amides is 1. The monoisotopic (exact) mass is 422 g/mol. The zero-order valence-corrected chi connectivity index (χ0v) is 17.8. The molecule has 0 fully saturated rings. The molecule has 0 aliphatic heterocycles. The molecule has 2 aromatic rings. The molecule has 2 rings (SSSR count). The number of aliphatic hydroxyl groups excluding tert-OH is 1. The number of guanidine groups is 1. The van der Waals surface area contributed by atoms with Crippen LogP contribution in [0.4, 0.5) is 0 Å². The van der Waals surface area contributed by atoms with Gasteiger partial charge in [0.05, 0.1) is 4.34 Å². The zero-order chi connectivity index (χ0) is 20.4. The Morgan fingerprint density at radius 2 is 1.96 bits per heavy atom. The molecule has 0 saturated heterocycles. The topological polar surface area (TPSA) is 77.0 Å². The second kappa shape index (κ2) is 11.7. The molecule has 6 nitrogen and oxygen atoms in total. The molecule has 1 aromatic heterocycles. The molecule has 0 aliphatic carbocycles. The number of halogens is 1. The van der Waals surface area contributed by atoms with E-state index in [4.69, 9.17) is 11.6 Å². The van der Waals surface area contributed by atoms with E-state index in [0.717, 1.165) is 10.4 Å². The van der Waals surface area contributed by atoms with Gasteiger partial charge in [0.2, 0.25) is 5.91 Å². The second-order valence-corrected chi connectivity index (χ2v) is 7.87. The normalized spacial score (nSPS) is 12.5. The smallest absolute Gasteiger partial charge is 0.244 e. The minimum absolute atomic E-state index is 0.0386. The number of likely N-dealkylation sites (N-methyl/N-ethyl adjacent to an activating group) is 1. The fourth-order valence-corrected chi connectivity index (χ4v) is 3.62. The van der Waals surface area contributed by atoms with Gasteiger partial charge in [0.1, 0.15) is 12.6 Å². The van der Waals surface area contributed by atoms with E-state index >= 15 is 0 Å². The Labute approximate surface area is 175 Å². The molecule has 8 heteroatoms. The van der Waals surface area contributed by atoms with Crippen molar-refractivity contribution in [2.24, 2.45) is 4.99 Å². The number of rotatable bonds is 9. The maximum absolute atomic E-state index is 12.6. The number of hydrogen-bond acceptors (Lipinski definition) is 4. The number of nitrogens with one attached hydrogen (secondary N) is 2. The summed E-state index contributed by atoms with van der Waals surface area (Å²) in [7, 11) is 0. The highest BCUT2D eigenvalue weighted by Gasteiger charge is 2.13. The minimum atomic E-state index is -0.692. The number of hydrogen-bond donors (Lipinski definition) is 3. The first-order valence-corrected chi connectivity index (χ1v) is 10.5. The first kappa shape index (κ1) is 22.2. The van der Waals surface area contributed by atoms with Crippen molar-refractivity contribution >= 4 is 34.8 Å². The molecule has 1 atom stereocenters. The van der Waals surface area contributed by atoms with Gasteiger partial charge in [-0.05, 0) is 31.5 Å². The van der Waals surface area contributed by atoms with Crippen molar-refractivity contribution < 1.29 is 9.90 Å². The van der Waals surface area contributed by atoms with Crippen molar-refractivity contribution in [3.63, 3.8) is 0 Å². The van der Waals surface area contributed by atoms with Crippen LogP contribution in [-0.4, -0.2) is 48.1 Å². The Bertz CT molecular complexity index is 767. The van der Waals surface area contributed by atoms with E-state index < -0.39 is 6.10 Å². The molecule has 152 valence electrons. The van der Waals surface area contributed by atoms with Crippen LogP contribution >= 0.6 is 22.9 Å². The van der Waals surface area contributed by atoms with Gasteiger partial charge in [-0.1, -0.05) is 41.9 Å². The van der Waals surface area contributed by atoms with Crippen molar-refractivity contribution in [2.45, 2.75) is 26.5 Å². The fourth-order valence-electron chi connectivity index (χ4n) is 2.57. The molecule has 3 N–H and O–H groups in total. The van der Waals surface area contributed by atoms with Crippen LogP contribution in [0.3, 0.4) is 0 Å². The van der Waals surface area contributed by atoms with E-state index in [1.807, 2.05) is 44.2 Å². The number of carbonyl (C=O) groups is 1. The predicted molar refractivity (Wildman–Crippen MR) is 116 cm³/mol. The highest BCUT2D eigenvalue weighted by molar-refractivity contribution is 7.16. The number of carbonyl (C=O) groups excluding carboxylic acids is 1. The van der Waals surface area contributed by atoms with Gasteiger partial charge < -0.3 is 20.6 Å². The molecule has 0 spiro atoms. The van der Waals surface area contributed by atoms with Gasteiger partial charge in [-0.3, -0.25) is 4.79 Å². The van der Waals surface area contributed by atoms with Gasteiger partial charge >= 0.3 is 0 Å². The summed E-state index contributed by atoms with van der Waals surface area (Å²) in [5.74, 6) is 0.447. The number of aliphatic imine (C=N–C) groups is 1. The first-order valence-electron chi connectivity index (χ1n) is 9.30. The lowest BCUT2D eigenvalue weighted by Crippen LogP contribution is -2.40. The van der Waals surface area contributed by atoms with Gasteiger partial charge in [-0.2, -0.15) is 0 Å². The Hall–Kier alpha value is -2.09. The average molecular weight is 423 g/mol. The molecule has 0 bridgehead atoms. The Morgan fingerprint density at radius 3 is 2.57 bits per heavy atom. The minimum Gasteiger partial charge on any atom is -0.386 e. The van der Waals surface area contributed by atoms with E-state index in [2.05, 4.69) is 15.6 Å². The Kier molecular flexibility index (Phi) is 9.27. The quantitative estimate of drug-likeness (QED) is 0.429. The first-order chi connectivity index (χ1) is 13.5. The molecule has 1 amide bonds. The molecule has 0 aliphatic rings. The number of nitrogens with zero attached hydrogens (tertiary/aromatic N) is 2. The predicted octanol–water partition coefficient (Wildman–Crippen LogP) is 3.04. The van der Waals surface area contributed by atoms with Crippen LogP contribution in [0, 0.1) is 0 Å². The molecule has 1 heterocycles. The molecule has 1 unspecified atom stereocenters. The lowest BCUT2D eigenvalue weighted by molar-refractivity contribution is -0.130. The third-order valence-electron chi connectivity index (χ3n) is 4.05. The van der Waals surface area contributed by atoms with Gasteiger partial charge in [-0.15, -0.1) is 11.3 Å². The Balaban J connectivity index is 1.91. The van der Waals surface area contributed by atoms with Gasteiger partial charge in [-0.25, -0.2) is 4.99 Å². The summed E-state index contributed by atoms with van der Waals surface area (Å²) in [6.45, 7) is 6.05. The SMILES string of the molecule is CCNC(=NCC(=O)N(CC)Cc1ccccc1)NCC(O)c1ccc(Cl)s1. The summed E-state index contributed by atoms with van der Waals surface area (Å²) in [5.41, 5.74) is 1.09. The number of thiophene rings is 1. The van der Waals surface area contributed by atoms with Crippen molar-refractivity contribution in [3.8, 4) is 0 Å². The van der Waals surface area contributed by atoms with E-state index in [-0.39, 0.29) is 19.0 Å². The summed E-state index contributed by atoms with van der Waals surface area (Å²) in [4.78, 5) is 19.5. The van der Waals surface area contributed by atoms with Gasteiger partial charge in [0.25, 0.3) is 0 Å². The highest BCUT2D eigenvalue weighted by Crippen LogP contribution is 2.26. The van der Waals surface area contributed by atoms with Crippen LogP contribution in [-0.2, 0) is 11.3 Å². The third kappa shape index (κ3) is 7.14. The van der Waals surface area contributed by atoms with E-state index in [1.165, 1.54) is 11.3 Å². The molecule has 28 heavy (non-hydrogen) atoms. The summed E-state index contributed by atoms with van der Waals surface area (Å²) >= 11 is 7.25. The van der Waals surface area contributed by atoms with Crippen molar-refractivity contribution in [3.05, 3.63) is 57.2 Å². The Morgan fingerprint density at radius 1 is 1.21 bits per heavy atom. The van der Waals surface area contributed by atoms with E-state index in [0.29, 0.717) is 29.9 Å². The lowest BCUT2D eigenvalue weighted by atomic mass is 10.2. The fraction of sp³-hybridized carbons (Fsp3) is 0.400. The molecule has 1 aromatic carbocycles. The van der Waals surface area contributed by atoms with Crippen LogP contribution in [0.1, 0.15) is 30.4 Å². The molecule has 0 radical (unpaired) electrons. The van der Waals surface area contributed by atoms with Crippen LogP contribution < -0.4 is 10.6 Å². The zero-order valence-electron chi connectivity index (χ0n) is 16.2. The van der Waals surface area contributed by atoms with E-state index in [1.54, 1.807) is 17.0 Å². The van der Waals surface area contributed by atoms with Crippen LogP contribution in [0.25, 0.3) is 0 Å². The van der Waals surface area contributed by atoms with Gasteiger partial charge in [0, 0.05) is 31.1 Å².